The molecule has 3 saturated carbocycles. The number of fused-ring (bicyclic) bond motifs is 5. The molecule has 4 unspecified atom stereocenters. The topological polar surface area (TPSA) is 229 Å². The first-order chi connectivity index (χ1) is 38.3. The number of allylic oxidation sites excluding steroid dienone is 1. The highest BCUT2D eigenvalue weighted by atomic mass is 32.2. The second kappa shape index (κ2) is 41.9. The number of nitrogens with two attached hydrogens (primary N) is 1. The Morgan fingerprint density at radius 3 is 1.56 bits per heavy atom. The van der Waals surface area contributed by atoms with E-state index >= 15 is 0 Å². The molecule has 3 fully saturated rings. The van der Waals surface area contributed by atoms with E-state index in [9.17, 15) is 14.4 Å². The van der Waals surface area contributed by atoms with Crippen molar-refractivity contribution in [2.45, 2.75) is 124 Å². The van der Waals surface area contributed by atoms with E-state index in [1.54, 1.807) is 5.57 Å². The second-order valence-corrected chi connectivity index (χ2v) is 23.6. The molecular formula is C59H106N2O17S. The minimum absolute atomic E-state index is 0.0227. The highest BCUT2D eigenvalue weighted by Crippen LogP contribution is 2.67. The smallest absolute Gasteiger partial charge is 0.321 e. The van der Waals surface area contributed by atoms with E-state index in [2.05, 4.69) is 46.0 Å². The quantitative estimate of drug-likeness (QED) is 0.0323. The third kappa shape index (κ3) is 27.9. The Morgan fingerprint density at radius 1 is 0.620 bits per heavy atom. The van der Waals surface area contributed by atoms with Crippen LogP contribution in [0.5, 0.6) is 0 Å². The Kier molecular flexibility index (Phi) is 36.8. The summed E-state index contributed by atoms with van der Waals surface area (Å²) in [6.07, 6.45) is 16.7. The number of carbonyl (C=O) groups excluding carboxylic acids is 2. The number of esters is 1. The normalized spacial score (nSPS) is 24.4. The van der Waals surface area contributed by atoms with Gasteiger partial charge in [-0.05, 0) is 91.3 Å². The number of aliphatic carboxylic acids is 1. The maximum Gasteiger partial charge on any atom is 0.321 e. The lowest BCUT2D eigenvalue weighted by Crippen LogP contribution is -2.51. The molecule has 4 N–H and O–H groups in total. The van der Waals surface area contributed by atoms with Crippen molar-refractivity contribution >= 4 is 29.6 Å². The van der Waals surface area contributed by atoms with Gasteiger partial charge in [-0.2, -0.15) is 0 Å². The average Bonchev–Trinajstić information content (AvgIpc) is 4.06. The lowest BCUT2D eigenvalue weighted by molar-refractivity contribution is -0.153. The maximum absolute atomic E-state index is 12.8. The van der Waals surface area contributed by atoms with Gasteiger partial charge in [0.25, 0.3) is 0 Å². The number of carboxylic acid groups (broad SMARTS) is 1. The summed E-state index contributed by atoms with van der Waals surface area (Å²) >= 11 is 1.17. The Balaban J connectivity index is 0.807. The molecule has 19 nitrogen and oxygen atoms in total. The van der Waals surface area contributed by atoms with Crippen LogP contribution >= 0.6 is 11.8 Å². The van der Waals surface area contributed by atoms with Gasteiger partial charge < -0.3 is 77.7 Å². The first-order valence-corrected chi connectivity index (χ1v) is 31.1. The molecule has 0 heterocycles. The minimum Gasteiger partial charge on any atom is -0.480 e. The van der Waals surface area contributed by atoms with Crippen molar-refractivity contribution in [2.24, 2.45) is 52.1 Å². The van der Waals surface area contributed by atoms with E-state index in [0.717, 1.165) is 54.8 Å². The van der Waals surface area contributed by atoms with E-state index in [1.165, 1.54) is 63.1 Å². The number of hydrogen-bond acceptors (Lipinski definition) is 18. The molecule has 1 amide bonds. The highest BCUT2D eigenvalue weighted by molar-refractivity contribution is 8.00. The predicted molar refractivity (Wildman–Crippen MR) is 303 cm³/mol. The summed E-state index contributed by atoms with van der Waals surface area (Å²) in [6.45, 7) is 23.6. The van der Waals surface area contributed by atoms with Gasteiger partial charge in [-0.3, -0.25) is 14.4 Å². The van der Waals surface area contributed by atoms with Crippen molar-refractivity contribution in [2.75, 3.05) is 177 Å². The molecule has 4 aliphatic carbocycles. The molecule has 0 aromatic carbocycles. The molecule has 4 rings (SSSR count). The van der Waals surface area contributed by atoms with Crippen LogP contribution < -0.4 is 11.1 Å². The third-order valence-electron chi connectivity index (χ3n) is 16.5. The van der Waals surface area contributed by atoms with Crippen LogP contribution in [0.2, 0.25) is 0 Å². The Bertz CT molecular complexity index is 1650. The number of carboxylic acids is 1. The van der Waals surface area contributed by atoms with Gasteiger partial charge in [-0.1, -0.05) is 65.5 Å². The van der Waals surface area contributed by atoms with E-state index in [-0.39, 0.29) is 41.3 Å². The van der Waals surface area contributed by atoms with Gasteiger partial charge in [0.2, 0.25) is 5.91 Å². The zero-order chi connectivity index (χ0) is 56.8. The number of amides is 1. The first kappa shape index (κ1) is 69.5. The second-order valence-electron chi connectivity index (χ2n) is 22.6. The average molecular weight is 1150 g/mol. The highest BCUT2D eigenvalue weighted by Gasteiger charge is 2.59. The van der Waals surface area contributed by atoms with Gasteiger partial charge in [0, 0.05) is 18.7 Å². The van der Waals surface area contributed by atoms with Crippen molar-refractivity contribution in [1.82, 2.24) is 5.32 Å². The molecule has 0 aromatic heterocycles. The molecule has 79 heavy (non-hydrogen) atoms. The monoisotopic (exact) mass is 1150 g/mol. The van der Waals surface area contributed by atoms with Crippen LogP contribution in [0.25, 0.3) is 0 Å². The van der Waals surface area contributed by atoms with E-state index in [1.807, 2.05) is 0 Å². The third-order valence-corrected chi connectivity index (χ3v) is 17.6. The molecule has 0 aliphatic heterocycles. The van der Waals surface area contributed by atoms with Crippen molar-refractivity contribution in [3.05, 3.63) is 11.6 Å². The molecule has 0 saturated heterocycles. The molecule has 20 heteroatoms. The fourth-order valence-corrected chi connectivity index (χ4v) is 13.1. The number of hydrogen-bond donors (Lipinski definition) is 3. The summed E-state index contributed by atoms with van der Waals surface area (Å²) in [5.41, 5.74) is 7.71. The molecule has 460 valence electrons. The summed E-state index contributed by atoms with van der Waals surface area (Å²) < 4.78 is 72.4. The van der Waals surface area contributed by atoms with Crippen LogP contribution in [0.1, 0.15) is 112 Å². The van der Waals surface area contributed by atoms with Crippen LogP contribution in [-0.4, -0.2) is 212 Å². The zero-order valence-electron chi connectivity index (χ0n) is 49.2. The van der Waals surface area contributed by atoms with Crippen LogP contribution in [-0.2, 0) is 76.0 Å². The lowest BCUT2D eigenvalue weighted by Gasteiger charge is -2.58. The molecule has 9 atom stereocenters. The number of carbonyl (C=O) groups is 3. The molecular weight excluding hydrogens is 1040 g/mol. The van der Waals surface area contributed by atoms with Gasteiger partial charge in [-0.15, -0.1) is 11.8 Å². The van der Waals surface area contributed by atoms with Crippen molar-refractivity contribution < 1.29 is 81.1 Å². The summed E-state index contributed by atoms with van der Waals surface area (Å²) in [5.74, 6) is 3.84. The fraction of sp³-hybridized carbons (Fsp3) is 0.915. The number of ether oxygens (including phenoxy) is 13. The molecule has 0 spiro atoms. The van der Waals surface area contributed by atoms with Crippen molar-refractivity contribution in [3.8, 4) is 0 Å². The maximum atomic E-state index is 12.8. The summed E-state index contributed by atoms with van der Waals surface area (Å²) in [5, 5.41) is 11.4. The fourth-order valence-electron chi connectivity index (χ4n) is 12.3. The van der Waals surface area contributed by atoms with E-state index < -0.39 is 12.0 Å². The van der Waals surface area contributed by atoms with Crippen molar-refractivity contribution in [3.63, 3.8) is 0 Å². The number of rotatable bonds is 50. The summed E-state index contributed by atoms with van der Waals surface area (Å²) in [6, 6.07) is -0.976. The van der Waals surface area contributed by atoms with Gasteiger partial charge in [-0.25, -0.2) is 0 Å². The molecule has 4 aliphatic rings. The van der Waals surface area contributed by atoms with Gasteiger partial charge in [0.1, 0.15) is 12.1 Å². The summed E-state index contributed by atoms with van der Waals surface area (Å²) in [4.78, 5) is 35.2. The lowest BCUT2D eigenvalue weighted by atomic mass is 9.47. The van der Waals surface area contributed by atoms with Gasteiger partial charge in [0.05, 0.1) is 171 Å². The van der Waals surface area contributed by atoms with Crippen LogP contribution in [0.15, 0.2) is 11.6 Å². The molecule has 0 aromatic rings. The van der Waals surface area contributed by atoms with Gasteiger partial charge in [0.15, 0.2) is 0 Å². The SMILES string of the molecule is CC(C)CCC[C@@H](C)[C@H]1CCC2C3CC=C4CC(OC(=O)CCOCCOCCOCCOCCOCCOCCOCCOCCOCCOCCOCCOCCNC(=O)CSC[C@H](N)C(=O)O)CC[C@]4(C)C3CC[C@@]21C. The van der Waals surface area contributed by atoms with Gasteiger partial charge >= 0.3 is 11.9 Å². The van der Waals surface area contributed by atoms with Crippen LogP contribution in [0.4, 0.5) is 0 Å². The predicted octanol–water partition coefficient (Wildman–Crippen LogP) is 6.79. The number of thioether (sulfide) groups is 1. The van der Waals surface area contributed by atoms with Crippen LogP contribution in [0.3, 0.4) is 0 Å². The molecule has 0 bridgehead atoms. The number of nitrogens with one attached hydrogen (secondary N) is 1. The Hall–Kier alpha value is -2.02. The molecule has 0 radical (unpaired) electrons. The van der Waals surface area contributed by atoms with Crippen LogP contribution in [0, 0.1) is 46.3 Å². The Labute approximate surface area is 478 Å². The largest absolute Gasteiger partial charge is 0.480 e. The van der Waals surface area contributed by atoms with E-state index in [4.69, 9.17) is 72.4 Å². The Morgan fingerprint density at radius 2 is 1.09 bits per heavy atom. The van der Waals surface area contributed by atoms with Crippen molar-refractivity contribution in [1.29, 1.82) is 0 Å². The minimum atomic E-state index is -1.08. The standard InChI is InChI=1S/C59H106N2O17S/c1-46(2)7-6-8-47(3)51-11-12-52-50-10-9-48-43-49(13-16-58(48,4)53(50)14-17-59(51,52)5)78-56(63)15-19-66-21-23-68-25-27-70-29-31-72-33-35-74-37-39-76-41-42-77-40-38-75-36-34-73-32-30-71-28-26-69-24-22-67-20-18-61-55(62)45-79-44-54(60)57(64)65/h9,46-47,49-54H,6-8,10-45,60H2,1-5H3,(H,61,62)(H,64,65)/t47-,49?,50?,51-,52?,53?,54+,58+,59-/m1/s1. The van der Waals surface area contributed by atoms with E-state index in [0.29, 0.717) is 171 Å². The first-order valence-electron chi connectivity index (χ1n) is 30.0. The summed E-state index contributed by atoms with van der Waals surface area (Å²) in [7, 11) is 0. The zero-order valence-corrected chi connectivity index (χ0v) is 50.1.